The smallest absolute Gasteiger partial charge is 0.287 e. The van der Waals surface area contributed by atoms with Gasteiger partial charge >= 0.3 is 41.7 Å². The van der Waals surface area contributed by atoms with Crippen LogP contribution in [0.25, 0.3) is 0 Å². The number of carbonyl (C=O) groups excluding carboxylic acids is 1. The topological polar surface area (TPSA) is 17.1 Å². The number of hydrogen-bond donors (Lipinski definition) is 0. The van der Waals surface area contributed by atoms with Crippen molar-refractivity contribution in [3.05, 3.63) is 35.4 Å². The van der Waals surface area contributed by atoms with Crippen molar-refractivity contribution in [2.45, 2.75) is 139 Å². The Morgan fingerprint density at radius 2 is 0.959 bits per heavy atom. The fourth-order valence-corrected chi connectivity index (χ4v) is 7.06. The second-order valence-corrected chi connectivity index (χ2v) is 13.6. The first-order valence-electron chi connectivity index (χ1n) is 16.3. The molecule has 0 radical (unpaired) electrons. The van der Waals surface area contributed by atoms with Crippen molar-refractivity contribution in [2.24, 2.45) is 23.7 Å². The minimum atomic E-state index is -8.43. The molecular weight excluding hydrogens is 697 g/mol. The van der Waals surface area contributed by atoms with E-state index in [4.69, 9.17) is 0 Å². The first-order chi connectivity index (χ1) is 22.4. The number of benzene rings is 1. The van der Waals surface area contributed by atoms with Crippen molar-refractivity contribution in [2.75, 3.05) is 0 Å². The van der Waals surface area contributed by atoms with Crippen LogP contribution in [0.3, 0.4) is 0 Å². The molecule has 2 aliphatic carbocycles. The van der Waals surface area contributed by atoms with Crippen molar-refractivity contribution in [1.82, 2.24) is 0 Å². The first-order valence-corrected chi connectivity index (χ1v) is 16.3. The van der Waals surface area contributed by atoms with Crippen LogP contribution in [0, 0.1) is 23.7 Å². The third-order valence-corrected chi connectivity index (χ3v) is 10.3. The molecule has 0 heterocycles. The molecule has 2 aliphatic rings. The summed E-state index contributed by atoms with van der Waals surface area (Å²) in [5.41, 5.74) is -1.05. The number of ketones is 1. The Balaban J connectivity index is 1.60. The number of aryl methyl sites for hydroxylation is 1. The zero-order chi connectivity index (χ0) is 37.3. The van der Waals surface area contributed by atoms with Gasteiger partial charge in [0, 0.05) is 5.56 Å². The Bertz CT molecular complexity index is 1220. The van der Waals surface area contributed by atoms with E-state index in [-0.39, 0.29) is 0 Å². The molecule has 0 aliphatic heterocycles. The lowest BCUT2D eigenvalue weighted by atomic mass is 9.68. The summed E-state index contributed by atoms with van der Waals surface area (Å²) < 4.78 is 202. The van der Waals surface area contributed by atoms with E-state index in [9.17, 15) is 70.7 Å². The monoisotopic (exact) mass is 736 g/mol. The summed E-state index contributed by atoms with van der Waals surface area (Å²) in [6.45, 7) is 2.18. The zero-order valence-electron chi connectivity index (χ0n) is 26.6. The van der Waals surface area contributed by atoms with E-state index >= 15 is 0 Å². The fourth-order valence-electron chi connectivity index (χ4n) is 7.06. The molecule has 1 nitrogen and oxygen atoms in total. The van der Waals surface area contributed by atoms with Gasteiger partial charge in [0.15, 0.2) is 0 Å². The summed E-state index contributed by atoms with van der Waals surface area (Å²) in [6.07, 6.45) is 7.25. The van der Waals surface area contributed by atoms with Gasteiger partial charge in [-0.1, -0.05) is 82.6 Å². The maximum atomic E-state index is 14.4. The summed E-state index contributed by atoms with van der Waals surface area (Å²) in [4.78, 5) is 12.1. The molecule has 1 aromatic rings. The lowest BCUT2D eigenvalue weighted by molar-refractivity contribution is -0.449. The predicted octanol–water partition coefficient (Wildman–Crippen LogP) is 12.4. The lowest BCUT2D eigenvalue weighted by Crippen LogP contribution is -2.73. The van der Waals surface area contributed by atoms with Crippen LogP contribution >= 0.6 is 0 Å². The highest BCUT2D eigenvalue weighted by molar-refractivity contribution is 6.02. The molecule has 0 atom stereocenters. The van der Waals surface area contributed by atoms with Crippen LogP contribution in [0.1, 0.15) is 106 Å². The molecule has 0 bridgehead atoms. The van der Waals surface area contributed by atoms with Crippen LogP contribution in [0.15, 0.2) is 24.3 Å². The molecule has 282 valence electrons. The average Bonchev–Trinajstić information content (AvgIpc) is 3.03. The van der Waals surface area contributed by atoms with Crippen LogP contribution in [-0.2, 0) is 6.42 Å². The Labute approximate surface area is 274 Å². The standard InChI is InChI=1S/C33H39F15O/c1-2-3-4-5-20-8-14-23(15-9-20)24-16-10-21(11-17-24)6-7-22-12-18-25(19-13-22)26(49)27(34,35)28(36,37)29(38,39)30(40,41)31(42,43)32(44,45)33(46,47)48/h12-13,18-21,23-24H,2-11,14-17H2,1H3/t20-,21?,23-,24?. The Morgan fingerprint density at radius 1 is 0.551 bits per heavy atom. The molecule has 49 heavy (non-hydrogen) atoms. The maximum Gasteiger partial charge on any atom is 0.460 e. The van der Waals surface area contributed by atoms with E-state index in [1.807, 2.05) is 0 Å². The van der Waals surface area contributed by atoms with Crippen molar-refractivity contribution in [3.63, 3.8) is 0 Å². The molecular formula is C33H39F15O. The van der Waals surface area contributed by atoms with Gasteiger partial charge in [0.2, 0.25) is 5.78 Å². The summed E-state index contributed by atoms with van der Waals surface area (Å²) in [5.74, 6) is -48.8. The van der Waals surface area contributed by atoms with E-state index in [2.05, 4.69) is 6.92 Å². The molecule has 0 saturated heterocycles. The van der Waals surface area contributed by atoms with E-state index in [1.165, 1.54) is 51.4 Å². The molecule has 2 fully saturated rings. The number of alkyl halides is 15. The number of unbranched alkanes of at least 4 members (excludes halogenated alkanes) is 2. The lowest BCUT2D eigenvalue weighted by Gasteiger charge is -2.41. The largest absolute Gasteiger partial charge is 0.460 e. The Morgan fingerprint density at radius 3 is 1.39 bits per heavy atom. The Kier molecular flexibility index (Phi) is 12.5. The molecule has 0 unspecified atom stereocenters. The Hall–Kier alpha value is -2.16. The highest BCUT2D eigenvalue weighted by Crippen LogP contribution is 2.62. The van der Waals surface area contributed by atoms with Crippen molar-refractivity contribution >= 4 is 5.78 Å². The molecule has 3 rings (SSSR count). The SMILES string of the molecule is CCCCC[C@H]1CC[C@H](C2CCC(CCc3ccc(C(=O)C(F)(F)C(F)(F)C(F)(F)C(F)(F)C(F)(F)C(F)(F)C(F)(F)F)cc3)CC2)CC1. The van der Waals surface area contributed by atoms with Gasteiger partial charge in [-0.2, -0.15) is 65.9 Å². The molecule has 16 heteroatoms. The van der Waals surface area contributed by atoms with Gasteiger partial charge < -0.3 is 0 Å². The van der Waals surface area contributed by atoms with Crippen molar-refractivity contribution < 1.29 is 70.7 Å². The molecule has 2 saturated carbocycles. The second kappa shape index (κ2) is 14.8. The maximum absolute atomic E-state index is 14.4. The van der Waals surface area contributed by atoms with Crippen LogP contribution in [0.2, 0.25) is 0 Å². The van der Waals surface area contributed by atoms with Crippen molar-refractivity contribution in [3.8, 4) is 0 Å². The summed E-state index contributed by atoms with van der Waals surface area (Å²) in [5, 5.41) is 0. The van der Waals surface area contributed by atoms with Gasteiger partial charge in [0.25, 0.3) is 0 Å². The quantitative estimate of drug-likeness (QED) is 0.0996. The van der Waals surface area contributed by atoms with Gasteiger partial charge in [-0.3, -0.25) is 4.79 Å². The third kappa shape index (κ3) is 7.86. The van der Waals surface area contributed by atoms with Crippen LogP contribution < -0.4 is 0 Å². The van der Waals surface area contributed by atoms with Crippen molar-refractivity contribution in [1.29, 1.82) is 0 Å². The molecule has 0 aromatic heterocycles. The minimum Gasteiger partial charge on any atom is -0.287 e. The van der Waals surface area contributed by atoms with E-state index < -0.39 is 53.1 Å². The summed E-state index contributed by atoms with van der Waals surface area (Å²) in [6, 6.07) is 2.94. The van der Waals surface area contributed by atoms with Gasteiger partial charge in [0.1, 0.15) is 0 Å². The molecule has 0 spiro atoms. The third-order valence-electron chi connectivity index (χ3n) is 10.3. The van der Waals surface area contributed by atoms with Gasteiger partial charge in [0.05, 0.1) is 0 Å². The summed E-state index contributed by atoms with van der Waals surface area (Å²) >= 11 is 0. The number of halogens is 15. The van der Waals surface area contributed by atoms with Crippen LogP contribution in [0.5, 0.6) is 0 Å². The number of hydrogen-bond acceptors (Lipinski definition) is 1. The van der Waals surface area contributed by atoms with Gasteiger partial charge in [-0.05, 0) is 67.8 Å². The predicted molar refractivity (Wildman–Crippen MR) is 150 cm³/mol. The van der Waals surface area contributed by atoms with Crippen LogP contribution in [-0.4, -0.2) is 47.5 Å². The fraction of sp³-hybridized carbons (Fsp3) is 0.788. The normalized spacial score (nSPS) is 23.8. The van der Waals surface area contributed by atoms with E-state index in [1.54, 1.807) is 0 Å². The molecule has 0 N–H and O–H groups in total. The number of carbonyl (C=O) groups is 1. The number of Topliss-reactive ketones (excluding diaryl/α,β-unsaturated/α-hetero) is 1. The zero-order valence-corrected chi connectivity index (χ0v) is 26.6. The van der Waals surface area contributed by atoms with Gasteiger partial charge in [-0.15, -0.1) is 0 Å². The highest BCUT2D eigenvalue weighted by atomic mass is 19.4. The second-order valence-electron chi connectivity index (χ2n) is 13.6. The van der Waals surface area contributed by atoms with E-state index in [0.717, 1.165) is 43.7 Å². The number of rotatable bonds is 15. The molecule has 0 amide bonds. The highest BCUT2D eigenvalue weighted by Gasteiger charge is 2.94. The average molecular weight is 737 g/mol. The first kappa shape index (κ1) is 41.3. The van der Waals surface area contributed by atoms with Gasteiger partial charge in [-0.25, -0.2) is 0 Å². The van der Waals surface area contributed by atoms with E-state index in [0.29, 0.717) is 48.3 Å². The molecule has 1 aromatic carbocycles. The summed E-state index contributed by atoms with van der Waals surface area (Å²) in [7, 11) is 0. The minimum absolute atomic E-state index is 0.317. The van der Waals surface area contributed by atoms with Crippen LogP contribution in [0.4, 0.5) is 65.9 Å².